The quantitative estimate of drug-likeness (QED) is 0.601. The molecule has 29 heavy (non-hydrogen) atoms. The minimum atomic E-state index is -1.04. The second-order valence-corrected chi connectivity index (χ2v) is 7.52. The fourth-order valence-electron chi connectivity index (χ4n) is 2.86. The third-order valence-electron chi connectivity index (χ3n) is 4.60. The number of ether oxygens (including phenoxy) is 1. The number of aromatic carboxylic acids is 1. The molecule has 1 aliphatic rings. The van der Waals surface area contributed by atoms with E-state index in [0.717, 1.165) is 12.0 Å². The zero-order valence-electron chi connectivity index (χ0n) is 15.6. The maximum atomic E-state index is 12.5. The van der Waals surface area contributed by atoms with Crippen molar-refractivity contribution in [2.75, 3.05) is 11.9 Å². The molecule has 2 N–H and O–H groups in total. The molecule has 0 heterocycles. The summed E-state index contributed by atoms with van der Waals surface area (Å²) < 4.78 is 5.81. The molecule has 0 spiro atoms. The Balaban J connectivity index is 1.70. The molecule has 0 saturated carbocycles. The number of nitrogens with one attached hydrogen (secondary N) is 1. The van der Waals surface area contributed by atoms with Crippen molar-refractivity contribution in [1.82, 2.24) is 0 Å². The van der Waals surface area contributed by atoms with Gasteiger partial charge in [0.1, 0.15) is 6.61 Å². The summed E-state index contributed by atoms with van der Waals surface area (Å²) in [6, 6.07) is 8.81. The zero-order chi connectivity index (χ0) is 21.0. The number of allylic oxidation sites excluding steroid dienone is 3. The monoisotopic (exact) mass is 431 g/mol. The lowest BCUT2D eigenvalue weighted by Gasteiger charge is -2.19. The summed E-state index contributed by atoms with van der Waals surface area (Å²) in [5, 5.41) is 12.1. The summed E-state index contributed by atoms with van der Waals surface area (Å²) in [6.45, 7) is 2.49. The highest BCUT2D eigenvalue weighted by molar-refractivity contribution is 6.37. The van der Waals surface area contributed by atoms with E-state index in [-0.39, 0.29) is 21.2 Å². The molecule has 7 heteroatoms. The average molecular weight is 432 g/mol. The van der Waals surface area contributed by atoms with Gasteiger partial charge < -0.3 is 15.2 Å². The van der Waals surface area contributed by atoms with E-state index in [0.29, 0.717) is 24.0 Å². The van der Waals surface area contributed by atoms with Gasteiger partial charge in [0.2, 0.25) is 0 Å². The largest absolute Gasteiger partial charge is 0.486 e. The predicted octanol–water partition coefficient (Wildman–Crippen LogP) is 5.85. The number of carboxylic acids is 1. The van der Waals surface area contributed by atoms with Crippen LogP contribution in [0.15, 0.2) is 60.2 Å². The second-order valence-electron chi connectivity index (χ2n) is 6.70. The SMILES string of the molecule is CC1CC=CC=C1COc1c(Cl)cc(C(=O)Nc2ccc(C(=O)O)cc2)cc1Cl. The molecular formula is C22H19Cl2NO4. The normalized spacial score (nSPS) is 15.6. The van der Waals surface area contributed by atoms with Crippen molar-refractivity contribution in [2.24, 2.45) is 5.92 Å². The molecule has 150 valence electrons. The number of hydrogen-bond acceptors (Lipinski definition) is 3. The highest BCUT2D eigenvalue weighted by atomic mass is 35.5. The molecule has 0 radical (unpaired) electrons. The standard InChI is InChI=1S/C22H19Cl2NO4/c1-13-4-2-3-5-15(13)12-29-20-18(23)10-16(11-19(20)24)21(26)25-17-8-6-14(7-9-17)22(27)28/h2-3,5-11,13H,4,12H2,1H3,(H,25,26)(H,27,28). The van der Waals surface area contributed by atoms with E-state index < -0.39 is 11.9 Å². The number of carbonyl (C=O) groups is 2. The summed E-state index contributed by atoms with van der Waals surface area (Å²) in [7, 11) is 0. The number of benzene rings is 2. The molecule has 2 aromatic rings. The Morgan fingerprint density at radius 1 is 1.14 bits per heavy atom. The van der Waals surface area contributed by atoms with Gasteiger partial charge in [0.25, 0.3) is 5.91 Å². The predicted molar refractivity (Wildman–Crippen MR) is 114 cm³/mol. The van der Waals surface area contributed by atoms with Gasteiger partial charge in [-0.1, -0.05) is 48.4 Å². The first-order valence-corrected chi connectivity index (χ1v) is 9.73. The lowest BCUT2D eigenvalue weighted by Crippen LogP contribution is -2.13. The van der Waals surface area contributed by atoms with Gasteiger partial charge in [-0.05, 0) is 54.3 Å². The van der Waals surface area contributed by atoms with Crippen molar-refractivity contribution in [2.45, 2.75) is 13.3 Å². The smallest absolute Gasteiger partial charge is 0.335 e. The Hall–Kier alpha value is -2.76. The average Bonchev–Trinajstić information content (AvgIpc) is 2.69. The minimum absolute atomic E-state index is 0.133. The number of halogens is 2. The Morgan fingerprint density at radius 2 is 1.79 bits per heavy atom. The molecule has 1 amide bonds. The molecule has 5 nitrogen and oxygen atoms in total. The molecule has 1 unspecified atom stereocenters. The van der Waals surface area contributed by atoms with Crippen LogP contribution >= 0.6 is 23.2 Å². The first-order valence-electron chi connectivity index (χ1n) is 8.97. The number of rotatable bonds is 6. The maximum absolute atomic E-state index is 12.5. The first kappa shape index (κ1) is 21.0. The Labute approximate surface area is 178 Å². The van der Waals surface area contributed by atoms with Crippen LogP contribution in [0.5, 0.6) is 5.75 Å². The van der Waals surface area contributed by atoms with Gasteiger partial charge in [-0.3, -0.25) is 4.79 Å². The van der Waals surface area contributed by atoms with Crippen LogP contribution in [0.2, 0.25) is 10.0 Å². The summed E-state index contributed by atoms with van der Waals surface area (Å²) >= 11 is 12.6. The molecule has 0 bridgehead atoms. The van der Waals surface area contributed by atoms with Crippen molar-refractivity contribution in [1.29, 1.82) is 0 Å². The second kappa shape index (κ2) is 9.16. The van der Waals surface area contributed by atoms with Gasteiger partial charge in [0.05, 0.1) is 15.6 Å². The Morgan fingerprint density at radius 3 is 2.38 bits per heavy atom. The van der Waals surface area contributed by atoms with E-state index in [2.05, 4.69) is 18.3 Å². The molecular weight excluding hydrogens is 413 g/mol. The zero-order valence-corrected chi connectivity index (χ0v) is 17.1. The van der Waals surface area contributed by atoms with Crippen molar-refractivity contribution in [3.63, 3.8) is 0 Å². The summed E-state index contributed by atoms with van der Waals surface area (Å²) in [5.41, 5.74) is 2.00. The molecule has 1 atom stereocenters. The fourth-order valence-corrected chi connectivity index (χ4v) is 3.46. The lowest BCUT2D eigenvalue weighted by molar-refractivity contribution is 0.0696. The fraction of sp³-hybridized carbons (Fsp3) is 0.182. The number of anilines is 1. The van der Waals surface area contributed by atoms with Crippen LogP contribution in [0.3, 0.4) is 0 Å². The number of carbonyl (C=O) groups excluding carboxylic acids is 1. The lowest BCUT2D eigenvalue weighted by atomic mass is 9.94. The third-order valence-corrected chi connectivity index (χ3v) is 5.16. The van der Waals surface area contributed by atoms with Gasteiger partial charge >= 0.3 is 5.97 Å². The van der Waals surface area contributed by atoms with Gasteiger partial charge in [-0.2, -0.15) is 0 Å². The van der Waals surface area contributed by atoms with Crippen molar-refractivity contribution < 1.29 is 19.4 Å². The molecule has 3 rings (SSSR count). The van der Waals surface area contributed by atoms with Gasteiger partial charge in [-0.25, -0.2) is 4.79 Å². The van der Waals surface area contributed by atoms with Crippen molar-refractivity contribution in [3.05, 3.63) is 81.4 Å². The van der Waals surface area contributed by atoms with Crippen LogP contribution in [0.25, 0.3) is 0 Å². The van der Waals surface area contributed by atoms with Crippen LogP contribution in [0.4, 0.5) is 5.69 Å². The topological polar surface area (TPSA) is 75.6 Å². The van der Waals surface area contributed by atoms with Crippen molar-refractivity contribution in [3.8, 4) is 5.75 Å². The highest BCUT2D eigenvalue weighted by Gasteiger charge is 2.17. The van der Waals surface area contributed by atoms with E-state index in [9.17, 15) is 9.59 Å². The van der Waals surface area contributed by atoms with Crippen molar-refractivity contribution >= 4 is 40.8 Å². The van der Waals surface area contributed by atoms with Crippen LogP contribution in [0.1, 0.15) is 34.1 Å². The molecule has 0 aromatic heterocycles. The highest BCUT2D eigenvalue weighted by Crippen LogP contribution is 2.35. The van der Waals surface area contributed by atoms with Crippen LogP contribution in [0, 0.1) is 5.92 Å². The third kappa shape index (κ3) is 5.19. The number of amides is 1. The summed E-state index contributed by atoms with van der Waals surface area (Å²) in [6.07, 6.45) is 7.09. The Kier molecular flexibility index (Phi) is 6.62. The molecule has 2 aromatic carbocycles. The molecule has 0 saturated heterocycles. The van der Waals surface area contributed by atoms with E-state index in [4.69, 9.17) is 33.0 Å². The van der Waals surface area contributed by atoms with Gasteiger partial charge in [0, 0.05) is 11.3 Å². The van der Waals surface area contributed by atoms with Gasteiger partial charge in [0.15, 0.2) is 5.75 Å². The molecule has 0 aliphatic heterocycles. The van der Waals surface area contributed by atoms with E-state index >= 15 is 0 Å². The van der Waals surface area contributed by atoms with Gasteiger partial charge in [-0.15, -0.1) is 0 Å². The van der Waals surface area contributed by atoms with E-state index in [1.165, 1.54) is 36.4 Å². The first-order chi connectivity index (χ1) is 13.8. The molecule has 0 fully saturated rings. The number of carboxylic acid groups (broad SMARTS) is 1. The van der Waals surface area contributed by atoms with Crippen LogP contribution in [-0.4, -0.2) is 23.6 Å². The van der Waals surface area contributed by atoms with Crippen LogP contribution in [-0.2, 0) is 0 Å². The minimum Gasteiger partial charge on any atom is -0.486 e. The van der Waals surface area contributed by atoms with Crippen LogP contribution < -0.4 is 10.1 Å². The van der Waals surface area contributed by atoms with E-state index in [1.807, 2.05) is 12.2 Å². The summed E-state index contributed by atoms with van der Waals surface area (Å²) in [5.74, 6) is -0.739. The summed E-state index contributed by atoms with van der Waals surface area (Å²) in [4.78, 5) is 23.4. The van der Waals surface area contributed by atoms with E-state index in [1.54, 1.807) is 0 Å². The Bertz CT molecular complexity index is 973. The maximum Gasteiger partial charge on any atom is 0.335 e. The molecule has 1 aliphatic carbocycles. The number of hydrogen-bond donors (Lipinski definition) is 2.